The Morgan fingerprint density at radius 1 is 1.43 bits per heavy atom. The molecule has 0 spiro atoms. The predicted octanol–water partition coefficient (Wildman–Crippen LogP) is 2.84. The van der Waals surface area contributed by atoms with Crippen LogP contribution in [0.15, 0.2) is 22.7 Å². The third-order valence-corrected chi connectivity index (χ3v) is 4.67. The van der Waals surface area contributed by atoms with Gasteiger partial charge < -0.3 is 10.0 Å². The highest BCUT2D eigenvalue weighted by Gasteiger charge is 2.32. The van der Waals surface area contributed by atoms with Gasteiger partial charge in [0.15, 0.2) is 0 Å². The molecule has 1 aliphatic rings. The van der Waals surface area contributed by atoms with Crippen LogP contribution in [0.5, 0.6) is 0 Å². The molecule has 1 saturated heterocycles. The van der Waals surface area contributed by atoms with E-state index >= 15 is 0 Å². The molecule has 1 N–H and O–H groups in total. The average molecular weight is 358 g/mol. The summed E-state index contributed by atoms with van der Waals surface area (Å²) in [6.07, 6.45) is 1.33. The molecule has 21 heavy (non-hydrogen) atoms. The summed E-state index contributed by atoms with van der Waals surface area (Å²) >= 11 is 3.30. The number of carbonyl (C=O) groups excluding carboxylic acids is 1. The Balaban J connectivity index is 2.11. The number of piperidine rings is 1. The van der Waals surface area contributed by atoms with Crippen LogP contribution < -0.4 is 0 Å². The van der Waals surface area contributed by atoms with Crippen molar-refractivity contribution >= 4 is 27.8 Å². The van der Waals surface area contributed by atoms with Crippen LogP contribution in [0.2, 0.25) is 0 Å². The molecule has 0 bridgehead atoms. The van der Waals surface area contributed by atoms with Gasteiger partial charge in [-0.15, -0.1) is 0 Å². The quantitative estimate of drug-likeness (QED) is 0.904. The number of halogens is 2. The summed E-state index contributed by atoms with van der Waals surface area (Å²) in [7, 11) is 0. The Morgan fingerprint density at radius 2 is 2.14 bits per heavy atom. The van der Waals surface area contributed by atoms with Crippen LogP contribution >= 0.6 is 15.9 Å². The fourth-order valence-electron chi connectivity index (χ4n) is 2.60. The molecule has 1 aromatic rings. The van der Waals surface area contributed by atoms with Crippen molar-refractivity contribution in [1.29, 1.82) is 0 Å². The van der Waals surface area contributed by atoms with Crippen LogP contribution in [0, 0.1) is 11.7 Å². The molecular formula is C15H17BrFNO3. The van der Waals surface area contributed by atoms with Crippen LogP contribution in [0.4, 0.5) is 4.39 Å². The Bertz CT molecular complexity index is 564. The fraction of sp³-hybridized carbons (Fsp3) is 0.467. The van der Waals surface area contributed by atoms with Gasteiger partial charge in [0.1, 0.15) is 5.82 Å². The molecule has 1 amide bonds. The van der Waals surface area contributed by atoms with E-state index in [0.29, 0.717) is 22.9 Å². The van der Waals surface area contributed by atoms with Gasteiger partial charge in [-0.1, -0.05) is 15.9 Å². The second kappa shape index (κ2) is 6.56. The zero-order valence-electron chi connectivity index (χ0n) is 11.7. The zero-order chi connectivity index (χ0) is 15.6. The summed E-state index contributed by atoms with van der Waals surface area (Å²) in [5.74, 6) is -1.94. The molecular weight excluding hydrogens is 341 g/mol. The van der Waals surface area contributed by atoms with Crippen molar-refractivity contribution in [3.05, 3.63) is 34.1 Å². The number of aliphatic carboxylic acids is 1. The number of hydrogen-bond acceptors (Lipinski definition) is 2. The van der Waals surface area contributed by atoms with Crippen molar-refractivity contribution in [2.75, 3.05) is 6.54 Å². The van der Waals surface area contributed by atoms with Crippen molar-refractivity contribution in [2.45, 2.75) is 32.2 Å². The normalized spacial score (nSPS) is 22.1. The minimum atomic E-state index is -0.869. The lowest BCUT2D eigenvalue weighted by Crippen LogP contribution is -2.47. The van der Waals surface area contributed by atoms with Gasteiger partial charge in [0.2, 0.25) is 5.91 Å². The zero-order valence-corrected chi connectivity index (χ0v) is 13.3. The van der Waals surface area contributed by atoms with Crippen LogP contribution in [0.25, 0.3) is 0 Å². The number of nitrogens with zero attached hydrogens (tertiary/aromatic N) is 1. The Labute approximate surface area is 131 Å². The highest BCUT2D eigenvalue weighted by Crippen LogP contribution is 2.24. The van der Waals surface area contributed by atoms with Gasteiger partial charge in [0.05, 0.1) is 12.3 Å². The van der Waals surface area contributed by atoms with Crippen molar-refractivity contribution in [3.8, 4) is 0 Å². The molecule has 4 nitrogen and oxygen atoms in total. The molecule has 1 fully saturated rings. The maximum Gasteiger partial charge on any atom is 0.308 e. The summed E-state index contributed by atoms with van der Waals surface area (Å²) in [5.41, 5.74) is 0.574. The molecule has 1 aromatic carbocycles. The first-order valence-corrected chi connectivity index (χ1v) is 7.64. The SMILES string of the molecule is CC1CCC(C(=O)O)CN1C(=O)Cc1cc(F)ccc1Br. The first-order chi connectivity index (χ1) is 9.88. The van der Waals surface area contributed by atoms with Gasteiger partial charge in [-0.25, -0.2) is 4.39 Å². The van der Waals surface area contributed by atoms with E-state index in [9.17, 15) is 14.0 Å². The number of carbonyl (C=O) groups is 2. The maximum atomic E-state index is 13.3. The lowest BCUT2D eigenvalue weighted by Gasteiger charge is -2.36. The number of amides is 1. The number of rotatable bonds is 3. The fourth-order valence-corrected chi connectivity index (χ4v) is 2.99. The summed E-state index contributed by atoms with van der Waals surface area (Å²) in [4.78, 5) is 25.1. The van der Waals surface area contributed by atoms with Crippen LogP contribution in [0.3, 0.4) is 0 Å². The molecule has 2 unspecified atom stereocenters. The predicted molar refractivity (Wildman–Crippen MR) is 79.3 cm³/mol. The number of carboxylic acid groups (broad SMARTS) is 1. The van der Waals surface area contributed by atoms with Crippen LogP contribution in [-0.4, -0.2) is 34.5 Å². The minimum Gasteiger partial charge on any atom is -0.481 e. The van der Waals surface area contributed by atoms with E-state index in [-0.39, 0.29) is 24.9 Å². The van der Waals surface area contributed by atoms with Crippen molar-refractivity contribution < 1.29 is 19.1 Å². The van der Waals surface area contributed by atoms with Crippen molar-refractivity contribution in [1.82, 2.24) is 4.90 Å². The third-order valence-electron chi connectivity index (χ3n) is 3.90. The Hall–Kier alpha value is -1.43. The second-order valence-electron chi connectivity index (χ2n) is 5.42. The first-order valence-electron chi connectivity index (χ1n) is 6.84. The molecule has 114 valence electrons. The minimum absolute atomic E-state index is 0.0143. The Kier molecular flexibility index (Phi) is 4.98. The van der Waals surface area contributed by atoms with E-state index in [1.807, 2.05) is 6.92 Å². The molecule has 2 atom stereocenters. The molecule has 0 saturated carbocycles. The van der Waals surface area contributed by atoms with Gasteiger partial charge in [-0.3, -0.25) is 9.59 Å². The van der Waals surface area contributed by atoms with E-state index in [1.54, 1.807) is 11.0 Å². The smallest absolute Gasteiger partial charge is 0.308 e. The van der Waals surface area contributed by atoms with Crippen LogP contribution in [-0.2, 0) is 16.0 Å². The van der Waals surface area contributed by atoms with Gasteiger partial charge >= 0.3 is 5.97 Å². The van der Waals surface area contributed by atoms with Gasteiger partial charge in [0.25, 0.3) is 0 Å². The highest BCUT2D eigenvalue weighted by atomic mass is 79.9. The maximum absolute atomic E-state index is 13.3. The van der Waals surface area contributed by atoms with Crippen LogP contribution in [0.1, 0.15) is 25.3 Å². The molecule has 1 heterocycles. The van der Waals surface area contributed by atoms with E-state index in [2.05, 4.69) is 15.9 Å². The third kappa shape index (κ3) is 3.81. The number of benzene rings is 1. The second-order valence-corrected chi connectivity index (χ2v) is 6.27. The summed E-state index contributed by atoms with van der Waals surface area (Å²) in [6.45, 7) is 2.14. The topological polar surface area (TPSA) is 57.6 Å². The highest BCUT2D eigenvalue weighted by molar-refractivity contribution is 9.10. The molecule has 1 aliphatic heterocycles. The van der Waals surface area contributed by atoms with Crippen molar-refractivity contribution in [2.24, 2.45) is 5.92 Å². The average Bonchev–Trinajstić information content (AvgIpc) is 2.43. The lowest BCUT2D eigenvalue weighted by molar-refractivity contribution is -0.147. The van der Waals surface area contributed by atoms with E-state index < -0.39 is 17.7 Å². The number of likely N-dealkylation sites (tertiary alicyclic amines) is 1. The molecule has 2 rings (SSSR count). The molecule has 0 radical (unpaired) electrons. The van der Waals surface area contributed by atoms with E-state index in [1.165, 1.54) is 12.1 Å². The van der Waals surface area contributed by atoms with Gasteiger partial charge in [-0.2, -0.15) is 0 Å². The largest absolute Gasteiger partial charge is 0.481 e. The molecule has 0 aromatic heterocycles. The molecule has 0 aliphatic carbocycles. The first kappa shape index (κ1) is 15.9. The van der Waals surface area contributed by atoms with Gasteiger partial charge in [0, 0.05) is 17.1 Å². The molecule has 6 heteroatoms. The van der Waals surface area contributed by atoms with E-state index in [0.717, 1.165) is 0 Å². The summed E-state index contributed by atoms with van der Waals surface area (Å²) in [6, 6.07) is 4.23. The standard InChI is InChI=1S/C15H17BrFNO3/c1-9-2-3-10(15(20)21)8-18(9)14(19)7-11-6-12(17)4-5-13(11)16/h4-6,9-10H,2-3,7-8H2,1H3,(H,20,21). The monoisotopic (exact) mass is 357 g/mol. The van der Waals surface area contributed by atoms with Crippen molar-refractivity contribution in [3.63, 3.8) is 0 Å². The van der Waals surface area contributed by atoms with E-state index in [4.69, 9.17) is 5.11 Å². The number of hydrogen-bond donors (Lipinski definition) is 1. The lowest BCUT2D eigenvalue weighted by atomic mass is 9.93. The number of carboxylic acids is 1. The van der Waals surface area contributed by atoms with Gasteiger partial charge in [-0.05, 0) is 43.5 Å². The Morgan fingerprint density at radius 3 is 2.81 bits per heavy atom. The summed E-state index contributed by atoms with van der Waals surface area (Å²) in [5, 5.41) is 9.10. The summed E-state index contributed by atoms with van der Waals surface area (Å²) < 4.78 is 13.9.